The molecule has 1 saturated heterocycles. The molecule has 2 rings (SSSR count). The second-order valence-electron chi connectivity index (χ2n) is 3.86. The molecule has 1 fully saturated rings. The van der Waals surface area contributed by atoms with Gasteiger partial charge in [-0.1, -0.05) is 15.9 Å². The normalized spacial score (nSPS) is 16.0. The molecule has 5 heteroatoms. The molecule has 1 aromatic carbocycles. The third-order valence-electron chi connectivity index (χ3n) is 2.55. The van der Waals surface area contributed by atoms with E-state index in [9.17, 15) is 9.59 Å². The maximum absolute atomic E-state index is 11.6. The molecule has 84 valence electrons. The number of carbonyl (C=O) groups excluding carboxylic acids is 2. The third-order valence-corrected chi connectivity index (χ3v) is 3.01. The third kappa shape index (κ3) is 1.82. The van der Waals surface area contributed by atoms with Crippen LogP contribution in [0, 0.1) is 6.92 Å². The van der Waals surface area contributed by atoms with Gasteiger partial charge in [-0.3, -0.25) is 9.59 Å². The quantitative estimate of drug-likeness (QED) is 0.629. The topological polar surface area (TPSA) is 63.4 Å². The van der Waals surface area contributed by atoms with E-state index >= 15 is 0 Å². The van der Waals surface area contributed by atoms with E-state index in [1.54, 1.807) is 6.07 Å². The van der Waals surface area contributed by atoms with Crippen LogP contribution in [0.15, 0.2) is 16.6 Å². The number of ketones is 1. The number of aryl methyl sites for hydroxylation is 1. The van der Waals surface area contributed by atoms with Gasteiger partial charge in [0.05, 0.1) is 24.3 Å². The summed E-state index contributed by atoms with van der Waals surface area (Å²) >= 11 is 3.33. The summed E-state index contributed by atoms with van der Waals surface area (Å²) in [5.74, 6) is -0.242. The standard InChI is InChI=1S/C11H11BrN2O2/c1-6-2-7(12)3-9(13)11(6)14-5-8(15)4-10(14)16/h2-3H,4-5,13H2,1H3. The molecule has 0 spiro atoms. The molecule has 1 aliphatic heterocycles. The molecular weight excluding hydrogens is 272 g/mol. The molecule has 0 unspecified atom stereocenters. The number of anilines is 2. The van der Waals surface area contributed by atoms with Crippen molar-refractivity contribution < 1.29 is 9.59 Å². The fourth-order valence-electron chi connectivity index (χ4n) is 1.92. The zero-order chi connectivity index (χ0) is 11.9. The number of amides is 1. The van der Waals surface area contributed by atoms with Crippen molar-refractivity contribution in [1.82, 2.24) is 0 Å². The van der Waals surface area contributed by atoms with E-state index in [1.807, 2.05) is 13.0 Å². The first kappa shape index (κ1) is 11.1. The van der Waals surface area contributed by atoms with Gasteiger partial charge >= 0.3 is 0 Å². The summed E-state index contributed by atoms with van der Waals surface area (Å²) < 4.78 is 0.865. The van der Waals surface area contributed by atoms with Crippen LogP contribution < -0.4 is 10.6 Å². The van der Waals surface area contributed by atoms with Crippen LogP contribution in [0.25, 0.3) is 0 Å². The van der Waals surface area contributed by atoms with Crippen molar-refractivity contribution in [2.24, 2.45) is 0 Å². The average molecular weight is 283 g/mol. The molecule has 1 amide bonds. The largest absolute Gasteiger partial charge is 0.397 e. The average Bonchev–Trinajstić information content (AvgIpc) is 2.43. The first-order valence-corrected chi connectivity index (χ1v) is 5.66. The van der Waals surface area contributed by atoms with Gasteiger partial charge in [-0.25, -0.2) is 0 Å². The lowest BCUT2D eigenvalue weighted by Crippen LogP contribution is -2.26. The molecule has 1 aliphatic rings. The zero-order valence-corrected chi connectivity index (χ0v) is 10.4. The highest BCUT2D eigenvalue weighted by atomic mass is 79.9. The van der Waals surface area contributed by atoms with Crippen molar-refractivity contribution in [3.05, 3.63) is 22.2 Å². The summed E-state index contributed by atoms with van der Waals surface area (Å²) in [6.07, 6.45) is -0.0189. The Bertz CT molecular complexity index is 462. The van der Waals surface area contributed by atoms with Gasteiger partial charge in [0.1, 0.15) is 0 Å². The lowest BCUT2D eigenvalue weighted by Gasteiger charge is -2.19. The number of nitrogens with two attached hydrogens (primary N) is 1. The summed E-state index contributed by atoms with van der Waals surface area (Å²) in [4.78, 5) is 24.3. The summed E-state index contributed by atoms with van der Waals surface area (Å²) in [6.45, 7) is 2.00. The Kier molecular flexibility index (Phi) is 2.71. The van der Waals surface area contributed by atoms with Gasteiger partial charge in [0.2, 0.25) is 5.91 Å². The molecule has 0 atom stereocenters. The Morgan fingerprint density at radius 1 is 1.38 bits per heavy atom. The first-order valence-electron chi connectivity index (χ1n) is 4.86. The lowest BCUT2D eigenvalue weighted by atomic mass is 10.1. The summed E-state index contributed by atoms with van der Waals surface area (Å²) in [6, 6.07) is 3.61. The summed E-state index contributed by atoms with van der Waals surface area (Å²) in [7, 11) is 0. The van der Waals surface area contributed by atoms with Crippen LogP contribution in [-0.4, -0.2) is 18.2 Å². The Balaban J connectivity index is 2.48. The van der Waals surface area contributed by atoms with Crippen molar-refractivity contribution in [2.75, 3.05) is 17.2 Å². The van der Waals surface area contributed by atoms with Crippen LogP contribution in [0.5, 0.6) is 0 Å². The van der Waals surface area contributed by atoms with E-state index in [0.29, 0.717) is 11.4 Å². The van der Waals surface area contributed by atoms with Gasteiger partial charge in [0.25, 0.3) is 0 Å². The fourth-order valence-corrected chi connectivity index (χ4v) is 2.51. The number of hydrogen-bond donors (Lipinski definition) is 1. The molecule has 4 nitrogen and oxygen atoms in total. The monoisotopic (exact) mass is 282 g/mol. The van der Waals surface area contributed by atoms with Crippen LogP contribution in [0.1, 0.15) is 12.0 Å². The smallest absolute Gasteiger partial charge is 0.234 e. The second kappa shape index (κ2) is 3.90. The van der Waals surface area contributed by atoms with Crippen LogP contribution in [0.2, 0.25) is 0 Å². The molecule has 16 heavy (non-hydrogen) atoms. The maximum Gasteiger partial charge on any atom is 0.234 e. The number of nitrogen functional groups attached to an aromatic ring is 1. The predicted octanol–water partition coefficient (Wildman–Crippen LogP) is 1.65. The van der Waals surface area contributed by atoms with Gasteiger partial charge < -0.3 is 10.6 Å². The highest BCUT2D eigenvalue weighted by molar-refractivity contribution is 9.10. The molecule has 1 heterocycles. The van der Waals surface area contributed by atoms with Gasteiger partial charge in [0.15, 0.2) is 5.78 Å². The van der Waals surface area contributed by atoms with E-state index in [4.69, 9.17) is 5.73 Å². The van der Waals surface area contributed by atoms with Crippen molar-refractivity contribution in [2.45, 2.75) is 13.3 Å². The maximum atomic E-state index is 11.6. The first-order chi connectivity index (χ1) is 7.49. The van der Waals surface area contributed by atoms with Gasteiger partial charge in [-0.05, 0) is 24.6 Å². The number of rotatable bonds is 1. The Morgan fingerprint density at radius 2 is 2.06 bits per heavy atom. The molecule has 1 aromatic rings. The minimum absolute atomic E-state index is 0.0189. The van der Waals surface area contributed by atoms with Crippen LogP contribution >= 0.6 is 15.9 Å². The number of Topliss-reactive ketones (excluding diaryl/α,β-unsaturated/α-hetero) is 1. The summed E-state index contributed by atoms with van der Waals surface area (Å²) in [5, 5.41) is 0. The van der Waals surface area contributed by atoms with E-state index in [0.717, 1.165) is 10.0 Å². The fraction of sp³-hybridized carbons (Fsp3) is 0.273. The lowest BCUT2D eigenvalue weighted by molar-refractivity contribution is -0.121. The van der Waals surface area contributed by atoms with Crippen molar-refractivity contribution in [3.8, 4) is 0 Å². The minimum Gasteiger partial charge on any atom is -0.397 e. The number of hydrogen-bond acceptors (Lipinski definition) is 3. The molecule has 0 bridgehead atoms. The predicted molar refractivity (Wildman–Crippen MR) is 65.3 cm³/mol. The molecule has 2 N–H and O–H groups in total. The molecule has 0 aromatic heterocycles. The number of halogens is 1. The van der Waals surface area contributed by atoms with E-state index < -0.39 is 0 Å². The number of benzene rings is 1. The van der Waals surface area contributed by atoms with Crippen LogP contribution in [-0.2, 0) is 9.59 Å². The SMILES string of the molecule is Cc1cc(Br)cc(N)c1N1CC(=O)CC1=O. The summed E-state index contributed by atoms with van der Waals surface area (Å²) in [5.41, 5.74) is 7.92. The number of carbonyl (C=O) groups is 2. The van der Waals surface area contributed by atoms with Crippen molar-refractivity contribution in [1.29, 1.82) is 0 Å². The Hall–Kier alpha value is -1.36. The molecule has 0 saturated carbocycles. The molecular formula is C11H11BrN2O2. The second-order valence-corrected chi connectivity index (χ2v) is 4.77. The van der Waals surface area contributed by atoms with Gasteiger partial charge in [-0.15, -0.1) is 0 Å². The van der Waals surface area contributed by atoms with E-state index in [1.165, 1.54) is 4.90 Å². The minimum atomic E-state index is -0.179. The zero-order valence-electron chi connectivity index (χ0n) is 8.79. The highest BCUT2D eigenvalue weighted by Gasteiger charge is 2.30. The highest BCUT2D eigenvalue weighted by Crippen LogP contribution is 2.33. The van der Waals surface area contributed by atoms with Crippen LogP contribution in [0.3, 0.4) is 0 Å². The molecule has 0 radical (unpaired) electrons. The van der Waals surface area contributed by atoms with Gasteiger partial charge in [0, 0.05) is 4.47 Å². The Labute approximate surface area is 102 Å². The molecule has 0 aliphatic carbocycles. The number of nitrogens with zero attached hydrogens (tertiary/aromatic N) is 1. The van der Waals surface area contributed by atoms with Crippen molar-refractivity contribution >= 4 is 39.0 Å². The van der Waals surface area contributed by atoms with Gasteiger partial charge in [-0.2, -0.15) is 0 Å². The van der Waals surface area contributed by atoms with E-state index in [2.05, 4.69) is 15.9 Å². The van der Waals surface area contributed by atoms with E-state index in [-0.39, 0.29) is 24.7 Å². The van der Waals surface area contributed by atoms with Crippen LogP contribution in [0.4, 0.5) is 11.4 Å². The van der Waals surface area contributed by atoms with Crippen molar-refractivity contribution in [3.63, 3.8) is 0 Å². The Morgan fingerprint density at radius 3 is 2.56 bits per heavy atom.